The Morgan fingerprint density at radius 3 is 1.00 bits per heavy atom. The summed E-state index contributed by atoms with van der Waals surface area (Å²) in [6, 6.07) is 0. The monoisotopic (exact) mass is 474 g/mol. The van der Waals surface area contributed by atoms with Gasteiger partial charge in [0, 0.05) is 0 Å². The van der Waals surface area contributed by atoms with E-state index in [2.05, 4.69) is 27.7 Å². The van der Waals surface area contributed by atoms with Crippen molar-refractivity contribution in [3.05, 3.63) is 0 Å². The second-order valence-corrected chi connectivity index (χ2v) is 44.5. The van der Waals surface area contributed by atoms with Gasteiger partial charge in [-0.15, -0.1) is 0 Å². The molecule has 1 spiro atoms. The van der Waals surface area contributed by atoms with E-state index in [1.807, 2.05) is 0 Å². The Balaban J connectivity index is 1.15. The van der Waals surface area contributed by atoms with E-state index in [1.165, 1.54) is 33.8 Å². The van der Waals surface area contributed by atoms with Crippen LogP contribution in [0.25, 0.3) is 0 Å². The summed E-state index contributed by atoms with van der Waals surface area (Å²) in [5, 5.41) is 0. The van der Waals surface area contributed by atoms with Gasteiger partial charge in [0.2, 0.25) is 0 Å². The van der Waals surface area contributed by atoms with Crippen LogP contribution in [0.4, 0.5) is 0 Å². The van der Waals surface area contributed by atoms with Crippen molar-refractivity contribution in [3.8, 4) is 0 Å². The molecule has 0 bridgehead atoms. The maximum atomic E-state index is 2.47. The first-order valence-electron chi connectivity index (χ1n) is 13.7. The molecular formula is C26H44FeP2. The van der Waals surface area contributed by atoms with Gasteiger partial charge in [0.05, 0.1) is 0 Å². The van der Waals surface area contributed by atoms with Crippen LogP contribution in [0.5, 0.6) is 0 Å². The van der Waals surface area contributed by atoms with Gasteiger partial charge in [-0.1, -0.05) is 0 Å². The summed E-state index contributed by atoms with van der Waals surface area (Å²) in [7, 11) is 0.876. The Morgan fingerprint density at radius 1 is 0.517 bits per heavy atom. The van der Waals surface area contributed by atoms with E-state index in [0.717, 1.165) is 0 Å². The summed E-state index contributed by atoms with van der Waals surface area (Å²) >= 11 is 0. The molecule has 0 aromatic carbocycles. The minimum absolute atomic E-state index is 0.438. The molecule has 0 nitrogen and oxygen atoms in total. The molecule has 29 heavy (non-hydrogen) atoms. The molecule has 0 aromatic rings. The van der Waals surface area contributed by atoms with E-state index < -0.39 is 6.51 Å². The number of unbranched alkanes of at least 4 members (excludes halogenated alkanes) is 4. The molecule has 8 unspecified atom stereocenters. The van der Waals surface area contributed by atoms with Gasteiger partial charge in [0.25, 0.3) is 0 Å². The van der Waals surface area contributed by atoms with Crippen LogP contribution < -0.4 is 0 Å². The van der Waals surface area contributed by atoms with Crippen LogP contribution in [0.1, 0.15) is 79.1 Å². The van der Waals surface area contributed by atoms with Crippen molar-refractivity contribution in [3.63, 3.8) is 0 Å². The van der Waals surface area contributed by atoms with Crippen molar-refractivity contribution < 1.29 is 6.51 Å². The first kappa shape index (κ1) is 16.9. The Morgan fingerprint density at radius 2 is 0.793 bits per heavy atom. The molecule has 0 N–H and O–H groups in total. The first-order valence-corrected chi connectivity index (χ1v) is 23.3. The summed E-state index contributed by atoms with van der Waals surface area (Å²) in [4.78, 5) is 12.4. The molecule has 10 aliphatic rings. The van der Waals surface area contributed by atoms with Crippen molar-refractivity contribution in [1.29, 1.82) is 0 Å². The van der Waals surface area contributed by atoms with E-state index in [9.17, 15) is 0 Å². The predicted octanol–water partition coefficient (Wildman–Crippen LogP) is 9.36. The molecule has 10 saturated heterocycles. The van der Waals surface area contributed by atoms with E-state index in [-0.39, 0.29) is 0 Å². The summed E-state index contributed by atoms with van der Waals surface area (Å²) in [5.41, 5.74) is 0. The minimum atomic E-state index is -3.18. The standard InChI is InChI=1S/2C13H22P.Fe/c2*1-3-5-11-14(12-6-4-2)13-9-7-8-10-13;/h2*7-10H,3-6,11-12H2,1-2H3;. The van der Waals surface area contributed by atoms with Gasteiger partial charge >= 0.3 is 173 Å². The van der Waals surface area contributed by atoms with Gasteiger partial charge in [-0.3, -0.25) is 0 Å². The van der Waals surface area contributed by atoms with Crippen molar-refractivity contribution >= 4 is 15.8 Å². The molecule has 0 saturated carbocycles. The van der Waals surface area contributed by atoms with E-state index in [4.69, 9.17) is 0 Å². The Bertz CT molecular complexity index is 1080. The zero-order valence-corrected chi connectivity index (χ0v) is 22.2. The third-order valence-corrected chi connectivity index (χ3v) is 76.7. The summed E-state index contributed by atoms with van der Waals surface area (Å²) in [6.07, 6.45) is 19.2. The molecule has 0 aliphatic carbocycles. The van der Waals surface area contributed by atoms with E-state index in [1.54, 1.807) is 88.9 Å². The third kappa shape index (κ3) is 0.338. The van der Waals surface area contributed by atoms with Gasteiger partial charge in [-0.25, -0.2) is 0 Å². The normalized spacial score (nSPS) is 77.9. The molecule has 0 aromatic heterocycles. The van der Waals surface area contributed by atoms with Crippen LogP contribution in [0.3, 0.4) is 0 Å². The molecule has 0 amide bonds. The molecule has 10 heterocycles. The van der Waals surface area contributed by atoms with Gasteiger partial charge in [0.15, 0.2) is 0 Å². The zero-order chi connectivity index (χ0) is 19.6. The number of hydrogen-bond acceptors (Lipinski definition) is 0. The topological polar surface area (TPSA) is 0 Å². The zero-order valence-electron chi connectivity index (χ0n) is 19.4. The van der Waals surface area contributed by atoms with Gasteiger partial charge < -0.3 is 0 Å². The molecule has 10 fully saturated rings. The van der Waals surface area contributed by atoms with E-state index >= 15 is 0 Å². The molecular weight excluding hydrogens is 430 g/mol. The van der Waals surface area contributed by atoms with Gasteiger partial charge in [-0.05, 0) is 0 Å². The average molecular weight is 474 g/mol. The molecule has 3 heteroatoms. The Kier molecular flexibility index (Phi) is 1.37. The summed E-state index contributed by atoms with van der Waals surface area (Å²) in [6.45, 7) is 6.72. The quantitative estimate of drug-likeness (QED) is 0.174. The molecule has 8 atom stereocenters. The maximum absolute atomic E-state index is 3.18. The van der Waals surface area contributed by atoms with Crippen molar-refractivity contribution in [2.45, 2.75) is 126 Å². The molecule has 0 radical (unpaired) electrons. The van der Waals surface area contributed by atoms with Gasteiger partial charge in [0.1, 0.15) is 0 Å². The fourth-order valence-electron chi connectivity index (χ4n) is 20.3. The molecule has 10 aliphatic heterocycles. The Hall–Kier alpha value is 1.38. The fourth-order valence-corrected chi connectivity index (χ4v) is 131. The van der Waals surface area contributed by atoms with Crippen LogP contribution in [0.2, 0.25) is 38.5 Å². The van der Waals surface area contributed by atoms with E-state index in [0.29, 0.717) is 15.8 Å². The van der Waals surface area contributed by atoms with Crippen LogP contribution >= 0.6 is 15.8 Å². The van der Waals surface area contributed by atoms with Crippen molar-refractivity contribution in [2.75, 3.05) is 24.6 Å². The second kappa shape index (κ2) is 2.35. The summed E-state index contributed by atoms with van der Waals surface area (Å²) < 4.78 is 2.46. The number of hydrogen-bond donors (Lipinski definition) is 0. The third-order valence-electron chi connectivity index (χ3n) is 18.8. The molecule has 10 rings (SSSR count). The summed E-state index contributed by atoms with van der Waals surface area (Å²) in [5.74, 6) is 0. The predicted molar refractivity (Wildman–Crippen MR) is 128 cm³/mol. The van der Waals surface area contributed by atoms with Crippen LogP contribution in [0, 0.1) is 0 Å². The van der Waals surface area contributed by atoms with Crippen LogP contribution in [0.15, 0.2) is 0 Å². The number of rotatable bonds is 14. The van der Waals surface area contributed by atoms with Crippen LogP contribution in [-0.4, -0.2) is 32.8 Å². The second-order valence-electron chi connectivity index (χ2n) is 15.1. The number of fused-ring (bicyclic) bond motifs is 10. The first-order chi connectivity index (χ1) is 14.0. The fraction of sp³-hybridized carbons (Fsp3) is 1.00. The van der Waals surface area contributed by atoms with Crippen LogP contribution in [-0.2, 0) is 6.51 Å². The van der Waals surface area contributed by atoms with Gasteiger partial charge in [-0.2, -0.15) is 0 Å². The molecule has 166 valence electrons. The van der Waals surface area contributed by atoms with Crippen molar-refractivity contribution in [2.24, 2.45) is 0 Å². The average Bonchev–Trinajstić information content (AvgIpc) is 3.67. The SMILES string of the molecule is CCCCP(CCCC)[C]12[CH]3[CH]4[CH]5[CH]1[Fe]45321678[CH]2[CH]1[CH]6[C]7(P(CCCC)CCCC)[CH]28. The van der Waals surface area contributed by atoms with Crippen molar-refractivity contribution in [1.82, 2.24) is 0 Å². The Labute approximate surface area is 172 Å².